The van der Waals surface area contributed by atoms with Gasteiger partial charge < -0.3 is 24.4 Å². The number of carbonyl (C=O) groups excluding carboxylic acids is 3. The van der Waals surface area contributed by atoms with Gasteiger partial charge in [0.1, 0.15) is 18.2 Å². The van der Waals surface area contributed by atoms with Gasteiger partial charge >= 0.3 is 18.2 Å². The van der Waals surface area contributed by atoms with Gasteiger partial charge in [-0.2, -0.15) is 0 Å². The molecule has 2 aromatic rings. The van der Waals surface area contributed by atoms with Crippen LogP contribution in [0.3, 0.4) is 0 Å². The number of likely N-dealkylation sites (tertiary alicyclic amines) is 1. The van der Waals surface area contributed by atoms with E-state index in [1.807, 2.05) is 57.2 Å². The Bertz CT molecular complexity index is 1080. The molecule has 4 rings (SSSR count). The molecule has 2 aromatic carbocycles. The number of benzene rings is 2. The van der Waals surface area contributed by atoms with Crippen molar-refractivity contribution in [2.24, 2.45) is 0 Å². The summed E-state index contributed by atoms with van der Waals surface area (Å²) in [5, 5.41) is 2.66. The Labute approximate surface area is 211 Å². The molecule has 1 heterocycles. The number of nitrogens with zero attached hydrogens (tertiary/aromatic N) is 1. The number of esters is 1. The number of amides is 2. The molecule has 0 aromatic heterocycles. The SMILES string of the molecule is COC(=O)[C@@H](C[C@H]1CCCN1C(=O)OC(C)(C)C)NC(=O)OCC1c2ccccc2-c2ccccc21. The zero-order valence-electron chi connectivity index (χ0n) is 21.3. The van der Waals surface area contributed by atoms with Crippen molar-refractivity contribution >= 4 is 18.2 Å². The maximum Gasteiger partial charge on any atom is 0.410 e. The summed E-state index contributed by atoms with van der Waals surface area (Å²) in [7, 11) is 1.27. The summed E-state index contributed by atoms with van der Waals surface area (Å²) in [6.07, 6.45) is 0.599. The maximum absolute atomic E-state index is 12.8. The Balaban J connectivity index is 1.40. The van der Waals surface area contributed by atoms with Crippen LogP contribution < -0.4 is 5.32 Å². The highest BCUT2D eigenvalue weighted by molar-refractivity contribution is 5.82. The van der Waals surface area contributed by atoms with Crippen LogP contribution in [-0.4, -0.2) is 61.0 Å². The van der Waals surface area contributed by atoms with Crippen LogP contribution in [0.15, 0.2) is 48.5 Å². The molecule has 0 radical (unpaired) electrons. The van der Waals surface area contributed by atoms with Gasteiger partial charge in [-0.1, -0.05) is 48.5 Å². The van der Waals surface area contributed by atoms with E-state index >= 15 is 0 Å². The third-order valence-electron chi connectivity index (χ3n) is 6.63. The summed E-state index contributed by atoms with van der Waals surface area (Å²) in [6.45, 7) is 6.11. The number of fused-ring (bicyclic) bond motifs is 3. The molecule has 1 fully saturated rings. The minimum atomic E-state index is -0.946. The number of hydrogen-bond donors (Lipinski definition) is 1. The lowest BCUT2D eigenvalue weighted by Gasteiger charge is -2.30. The number of alkyl carbamates (subject to hydrolysis) is 1. The molecule has 0 bridgehead atoms. The van der Waals surface area contributed by atoms with E-state index in [0.29, 0.717) is 13.0 Å². The normalized spacial score (nSPS) is 17.7. The molecule has 8 nitrogen and oxygen atoms in total. The van der Waals surface area contributed by atoms with Crippen molar-refractivity contribution in [2.75, 3.05) is 20.3 Å². The van der Waals surface area contributed by atoms with Crippen molar-refractivity contribution in [1.29, 1.82) is 0 Å². The van der Waals surface area contributed by atoms with Gasteiger partial charge in [0, 0.05) is 18.5 Å². The van der Waals surface area contributed by atoms with E-state index in [-0.39, 0.29) is 25.0 Å². The highest BCUT2D eigenvalue weighted by atomic mass is 16.6. The number of ether oxygens (including phenoxy) is 3. The van der Waals surface area contributed by atoms with Crippen LogP contribution in [0.2, 0.25) is 0 Å². The minimum Gasteiger partial charge on any atom is -0.467 e. The Morgan fingerprint density at radius 1 is 1.03 bits per heavy atom. The second kappa shape index (κ2) is 10.6. The first-order valence-corrected chi connectivity index (χ1v) is 12.4. The topological polar surface area (TPSA) is 94.2 Å². The quantitative estimate of drug-likeness (QED) is 0.456. The molecule has 0 saturated carbocycles. The van der Waals surface area contributed by atoms with Gasteiger partial charge in [-0.25, -0.2) is 14.4 Å². The van der Waals surface area contributed by atoms with Gasteiger partial charge in [0.05, 0.1) is 7.11 Å². The fraction of sp³-hybridized carbons (Fsp3) is 0.464. The standard InChI is InChI=1S/C28H34N2O6/c1-28(2,3)36-27(33)30-15-9-10-18(30)16-24(25(31)34-4)29-26(32)35-17-23-21-13-7-5-11-19(21)20-12-6-8-14-22(20)23/h5-8,11-14,18,23-24H,9-10,15-17H2,1-4H3,(H,29,32)/t18-,24-/m1/s1. The molecule has 1 aliphatic heterocycles. The van der Waals surface area contributed by atoms with Gasteiger partial charge in [0.25, 0.3) is 0 Å². The van der Waals surface area contributed by atoms with Crippen LogP contribution >= 0.6 is 0 Å². The second-order valence-electron chi connectivity index (χ2n) is 10.3. The van der Waals surface area contributed by atoms with Crippen molar-refractivity contribution in [3.63, 3.8) is 0 Å². The second-order valence-corrected chi connectivity index (χ2v) is 10.3. The first-order valence-electron chi connectivity index (χ1n) is 12.4. The molecule has 1 aliphatic carbocycles. The Morgan fingerprint density at radius 2 is 1.64 bits per heavy atom. The van der Waals surface area contributed by atoms with Crippen molar-refractivity contribution in [3.05, 3.63) is 59.7 Å². The van der Waals surface area contributed by atoms with E-state index in [1.165, 1.54) is 7.11 Å². The van der Waals surface area contributed by atoms with Crippen LogP contribution in [0.1, 0.15) is 57.1 Å². The number of methoxy groups -OCH3 is 1. The zero-order valence-corrected chi connectivity index (χ0v) is 21.3. The molecule has 1 N–H and O–H groups in total. The molecule has 2 amide bonds. The van der Waals surface area contributed by atoms with E-state index in [2.05, 4.69) is 17.4 Å². The van der Waals surface area contributed by atoms with Gasteiger partial charge in [-0.15, -0.1) is 0 Å². The lowest BCUT2D eigenvalue weighted by Crippen LogP contribution is -2.48. The van der Waals surface area contributed by atoms with E-state index in [0.717, 1.165) is 28.7 Å². The Morgan fingerprint density at radius 3 is 2.22 bits per heavy atom. The molecule has 8 heteroatoms. The molecule has 192 valence electrons. The summed E-state index contributed by atoms with van der Waals surface area (Å²) >= 11 is 0. The summed E-state index contributed by atoms with van der Waals surface area (Å²) in [4.78, 5) is 39.6. The number of nitrogens with one attached hydrogen (secondary N) is 1. The number of hydrogen-bond acceptors (Lipinski definition) is 6. The summed E-state index contributed by atoms with van der Waals surface area (Å²) < 4.78 is 16.0. The van der Waals surface area contributed by atoms with Crippen LogP contribution in [0, 0.1) is 0 Å². The monoisotopic (exact) mass is 494 g/mol. The Kier molecular flexibility index (Phi) is 7.52. The van der Waals surface area contributed by atoms with E-state index in [9.17, 15) is 14.4 Å². The van der Waals surface area contributed by atoms with Gasteiger partial charge in [-0.3, -0.25) is 0 Å². The van der Waals surface area contributed by atoms with E-state index in [4.69, 9.17) is 14.2 Å². The molecule has 0 unspecified atom stereocenters. The van der Waals surface area contributed by atoms with E-state index < -0.39 is 29.8 Å². The lowest BCUT2D eigenvalue weighted by atomic mass is 9.98. The average Bonchev–Trinajstić information content (AvgIpc) is 3.43. The first kappa shape index (κ1) is 25.5. The van der Waals surface area contributed by atoms with Crippen molar-refractivity contribution in [3.8, 4) is 11.1 Å². The van der Waals surface area contributed by atoms with Crippen LogP contribution in [0.25, 0.3) is 11.1 Å². The molecule has 0 spiro atoms. The van der Waals surface area contributed by atoms with Crippen LogP contribution in [0.5, 0.6) is 0 Å². The summed E-state index contributed by atoms with van der Waals surface area (Å²) in [5.41, 5.74) is 3.87. The van der Waals surface area contributed by atoms with Gasteiger partial charge in [0.2, 0.25) is 0 Å². The van der Waals surface area contributed by atoms with Crippen LogP contribution in [-0.2, 0) is 19.0 Å². The van der Waals surface area contributed by atoms with Crippen LogP contribution in [0.4, 0.5) is 9.59 Å². The van der Waals surface area contributed by atoms with Crippen molar-refractivity contribution in [1.82, 2.24) is 10.2 Å². The molecule has 36 heavy (non-hydrogen) atoms. The third kappa shape index (κ3) is 5.64. The largest absolute Gasteiger partial charge is 0.467 e. The fourth-order valence-electron chi connectivity index (χ4n) is 5.05. The number of rotatable bonds is 6. The highest BCUT2D eigenvalue weighted by Crippen LogP contribution is 2.44. The zero-order chi connectivity index (χ0) is 25.9. The average molecular weight is 495 g/mol. The van der Waals surface area contributed by atoms with Crippen molar-refractivity contribution in [2.45, 2.75) is 63.6 Å². The Hall–Kier alpha value is -3.55. The van der Waals surface area contributed by atoms with E-state index in [1.54, 1.807) is 4.90 Å². The molecule has 1 saturated heterocycles. The van der Waals surface area contributed by atoms with Crippen molar-refractivity contribution < 1.29 is 28.6 Å². The fourth-order valence-corrected chi connectivity index (χ4v) is 5.05. The predicted molar refractivity (Wildman–Crippen MR) is 135 cm³/mol. The third-order valence-corrected chi connectivity index (χ3v) is 6.63. The summed E-state index contributed by atoms with van der Waals surface area (Å²) in [5.74, 6) is -0.670. The first-order chi connectivity index (χ1) is 17.2. The minimum absolute atomic E-state index is 0.0859. The molecular formula is C28H34N2O6. The molecule has 2 atom stereocenters. The summed E-state index contributed by atoms with van der Waals surface area (Å²) in [6, 6.07) is 15.0. The molecular weight excluding hydrogens is 460 g/mol. The van der Waals surface area contributed by atoms with Gasteiger partial charge in [0.15, 0.2) is 0 Å². The highest BCUT2D eigenvalue weighted by Gasteiger charge is 2.36. The molecule has 2 aliphatic rings. The van der Waals surface area contributed by atoms with Gasteiger partial charge in [-0.05, 0) is 62.3 Å². The predicted octanol–water partition coefficient (Wildman–Crippen LogP) is 4.86. The smallest absolute Gasteiger partial charge is 0.410 e. The maximum atomic E-state index is 12.8. The number of carbonyl (C=O) groups is 3. The lowest BCUT2D eigenvalue weighted by molar-refractivity contribution is -0.143.